The third-order valence-electron chi connectivity index (χ3n) is 8.92. The van der Waals surface area contributed by atoms with Gasteiger partial charge in [0.25, 0.3) is 5.82 Å². The molecule has 0 amide bonds. The number of rotatable bonds is 6. The number of piperazine rings is 1. The van der Waals surface area contributed by atoms with E-state index in [1.807, 2.05) is 0 Å². The van der Waals surface area contributed by atoms with Gasteiger partial charge in [-0.05, 0) is 75.5 Å². The van der Waals surface area contributed by atoms with Gasteiger partial charge in [0, 0.05) is 44.8 Å². The van der Waals surface area contributed by atoms with E-state index in [1.165, 1.54) is 10.6 Å². The van der Waals surface area contributed by atoms with E-state index in [2.05, 4.69) is 50.3 Å². The summed E-state index contributed by atoms with van der Waals surface area (Å²) in [6.45, 7) is 16.8. The molecule has 0 bridgehead atoms. The fourth-order valence-electron chi connectivity index (χ4n) is 6.49. The van der Waals surface area contributed by atoms with Gasteiger partial charge in [-0.25, -0.2) is 4.79 Å². The predicted molar refractivity (Wildman–Crippen MR) is 158 cm³/mol. The van der Waals surface area contributed by atoms with E-state index in [9.17, 15) is 18.0 Å². The Morgan fingerprint density at radius 2 is 1.83 bits per heavy atom. The molecule has 0 aliphatic carbocycles. The number of aromatic nitrogens is 3. The van der Waals surface area contributed by atoms with E-state index in [-0.39, 0.29) is 23.9 Å². The molecule has 2 aliphatic rings. The normalized spacial score (nSPS) is 21.4. The minimum atomic E-state index is -4.40. The number of piperidine rings is 1. The largest absolute Gasteiger partial charge is 0.416 e. The lowest BCUT2D eigenvalue weighted by atomic mass is 9.95. The molecule has 0 radical (unpaired) electrons. The van der Waals surface area contributed by atoms with Crippen LogP contribution in [0.15, 0.2) is 35.1 Å². The van der Waals surface area contributed by atoms with Gasteiger partial charge >= 0.3 is 11.9 Å². The van der Waals surface area contributed by atoms with Crippen LogP contribution < -0.4 is 10.6 Å². The third kappa shape index (κ3) is 5.88. The Balaban J connectivity index is 1.45. The van der Waals surface area contributed by atoms with Gasteiger partial charge in [-0.2, -0.15) is 18.2 Å². The molecule has 3 atom stereocenters. The van der Waals surface area contributed by atoms with Crippen LogP contribution in [0.5, 0.6) is 0 Å². The second-order valence-electron chi connectivity index (χ2n) is 11.6. The molecular weight excluding hydrogens is 543 g/mol. The number of fused-ring (bicyclic) bond motifs is 1. The number of aryl methyl sites for hydroxylation is 1. The Morgan fingerprint density at radius 1 is 1.10 bits per heavy atom. The van der Waals surface area contributed by atoms with Crippen molar-refractivity contribution in [3.8, 4) is 0 Å². The topological polar surface area (TPSA) is 61.9 Å². The second kappa shape index (κ2) is 12.0. The zero-order chi connectivity index (χ0) is 30.2. The van der Waals surface area contributed by atoms with E-state index >= 15 is 0 Å². The first-order valence-corrected chi connectivity index (χ1v) is 14.7. The number of halogens is 3. The van der Waals surface area contributed by atoms with Crippen molar-refractivity contribution in [2.24, 2.45) is 7.05 Å². The van der Waals surface area contributed by atoms with Crippen molar-refractivity contribution >= 4 is 22.7 Å². The first kappa shape index (κ1) is 30.0. The van der Waals surface area contributed by atoms with Crippen molar-refractivity contribution in [3.63, 3.8) is 0 Å². The van der Waals surface area contributed by atoms with Crippen molar-refractivity contribution in [2.75, 3.05) is 31.1 Å². The van der Waals surface area contributed by atoms with Crippen LogP contribution in [0.2, 0.25) is 0 Å². The number of pyridine rings is 1. The molecule has 2 fully saturated rings. The SMILES string of the molecule is [C-]#[N+]c1ccc2c(n1)c(N1C[C@@H](CC)N(C(C)c3ccc(C(F)(F)F)c(CN4CCCCC4)c3)C[C@@H]1C)nc(=O)n2C. The Labute approximate surface area is 244 Å². The van der Waals surface area contributed by atoms with Gasteiger partial charge in [0.15, 0.2) is 5.82 Å². The summed E-state index contributed by atoms with van der Waals surface area (Å²) in [6.07, 6.45) is -0.433. The molecular formula is C31H38F3N7O. The van der Waals surface area contributed by atoms with E-state index in [0.717, 1.165) is 44.3 Å². The molecule has 2 saturated heterocycles. The monoisotopic (exact) mass is 581 g/mol. The Hall–Kier alpha value is -3.49. The van der Waals surface area contributed by atoms with Crippen LogP contribution >= 0.6 is 0 Å². The lowest BCUT2D eigenvalue weighted by Crippen LogP contribution is -2.58. The molecule has 42 heavy (non-hydrogen) atoms. The smallest absolute Gasteiger partial charge is 0.361 e. The molecule has 1 aromatic carbocycles. The van der Waals surface area contributed by atoms with E-state index in [0.29, 0.717) is 42.0 Å². The number of alkyl halides is 3. The third-order valence-corrected chi connectivity index (χ3v) is 8.92. The Kier molecular flexibility index (Phi) is 8.58. The van der Waals surface area contributed by atoms with Crippen molar-refractivity contribution < 1.29 is 13.2 Å². The van der Waals surface area contributed by atoms with Gasteiger partial charge in [0.2, 0.25) is 5.52 Å². The van der Waals surface area contributed by atoms with Crippen molar-refractivity contribution in [1.29, 1.82) is 0 Å². The average Bonchev–Trinajstić information content (AvgIpc) is 2.98. The number of likely N-dealkylation sites (tertiary alicyclic amines) is 1. The summed E-state index contributed by atoms with van der Waals surface area (Å²) in [5.74, 6) is 0.703. The number of hydrogen-bond donors (Lipinski definition) is 0. The van der Waals surface area contributed by atoms with E-state index in [1.54, 1.807) is 31.3 Å². The lowest BCUT2D eigenvalue weighted by molar-refractivity contribution is -0.138. The molecule has 0 N–H and O–H groups in total. The lowest BCUT2D eigenvalue weighted by Gasteiger charge is -2.48. The first-order chi connectivity index (χ1) is 20.0. The molecule has 8 nitrogen and oxygen atoms in total. The molecule has 2 aliphatic heterocycles. The van der Waals surface area contributed by atoms with Crippen LogP contribution in [0.25, 0.3) is 15.9 Å². The maximum atomic E-state index is 14.0. The minimum absolute atomic E-state index is 0.0567. The molecule has 3 aromatic rings. The van der Waals surface area contributed by atoms with Crippen molar-refractivity contribution in [1.82, 2.24) is 24.3 Å². The fourth-order valence-corrected chi connectivity index (χ4v) is 6.49. The van der Waals surface area contributed by atoms with E-state index in [4.69, 9.17) is 6.57 Å². The standard InChI is InChI=1S/C31H38F3N7O/c1-6-24-19-40(29-28-26(38(5)30(42)37-29)12-13-27(35-4)36-28)20(2)17-41(24)21(3)22-10-11-25(31(32,33)34)23(16-22)18-39-14-8-7-9-15-39/h10-13,16,20-21,24H,6-9,14-15,17-19H2,1-3,5H3/t20-,21?,24+/m0/s1. The summed E-state index contributed by atoms with van der Waals surface area (Å²) < 4.78 is 43.4. The molecule has 0 saturated carbocycles. The van der Waals surface area contributed by atoms with Gasteiger partial charge < -0.3 is 9.74 Å². The minimum Gasteiger partial charge on any atom is -0.361 e. The average molecular weight is 582 g/mol. The van der Waals surface area contributed by atoms with Crippen LogP contribution in [0.3, 0.4) is 0 Å². The van der Waals surface area contributed by atoms with Crippen molar-refractivity contribution in [2.45, 2.75) is 77.3 Å². The van der Waals surface area contributed by atoms with Crippen LogP contribution in [-0.2, 0) is 19.8 Å². The van der Waals surface area contributed by atoms with Gasteiger partial charge in [-0.15, -0.1) is 4.98 Å². The Morgan fingerprint density at radius 3 is 2.50 bits per heavy atom. The molecule has 2 aromatic heterocycles. The summed E-state index contributed by atoms with van der Waals surface area (Å²) in [5.41, 5.74) is 1.39. The fraction of sp³-hybridized carbons (Fsp3) is 0.548. The van der Waals surface area contributed by atoms with Gasteiger partial charge in [0.1, 0.15) is 0 Å². The zero-order valence-corrected chi connectivity index (χ0v) is 24.7. The highest BCUT2D eigenvalue weighted by Crippen LogP contribution is 2.37. The molecule has 5 rings (SSSR count). The summed E-state index contributed by atoms with van der Waals surface area (Å²) in [5, 5.41) is 0. The summed E-state index contributed by atoms with van der Waals surface area (Å²) in [6, 6.07) is 7.87. The number of benzene rings is 1. The van der Waals surface area contributed by atoms with Crippen molar-refractivity contribution in [3.05, 3.63) is 68.9 Å². The first-order valence-electron chi connectivity index (χ1n) is 14.7. The van der Waals surface area contributed by atoms with Gasteiger partial charge in [0.05, 0.1) is 11.1 Å². The van der Waals surface area contributed by atoms with Crippen LogP contribution in [-0.4, -0.2) is 62.6 Å². The van der Waals surface area contributed by atoms with Crippen LogP contribution in [0.1, 0.15) is 69.2 Å². The second-order valence-corrected chi connectivity index (χ2v) is 11.6. The quantitative estimate of drug-likeness (QED) is 0.336. The molecule has 224 valence electrons. The number of hydrogen-bond acceptors (Lipinski definition) is 6. The molecule has 4 heterocycles. The number of nitrogens with zero attached hydrogens (tertiary/aromatic N) is 7. The highest BCUT2D eigenvalue weighted by molar-refractivity contribution is 5.87. The molecule has 11 heteroatoms. The van der Waals surface area contributed by atoms with Gasteiger partial charge in [-0.1, -0.05) is 32.0 Å². The maximum Gasteiger partial charge on any atom is 0.416 e. The maximum absolute atomic E-state index is 14.0. The molecule has 0 spiro atoms. The van der Waals surface area contributed by atoms with Gasteiger partial charge in [-0.3, -0.25) is 14.4 Å². The highest BCUT2D eigenvalue weighted by Gasteiger charge is 2.38. The predicted octanol–water partition coefficient (Wildman–Crippen LogP) is 5.93. The van der Waals surface area contributed by atoms with Crippen LogP contribution in [0.4, 0.5) is 24.8 Å². The number of anilines is 1. The van der Waals surface area contributed by atoms with E-state index < -0.39 is 17.4 Å². The Bertz CT molecular complexity index is 1540. The zero-order valence-electron chi connectivity index (χ0n) is 24.7. The summed E-state index contributed by atoms with van der Waals surface area (Å²) in [7, 11) is 1.64. The summed E-state index contributed by atoms with van der Waals surface area (Å²) in [4.78, 5) is 31.7. The van der Waals surface area contributed by atoms with Crippen LogP contribution in [0, 0.1) is 6.57 Å². The summed E-state index contributed by atoms with van der Waals surface area (Å²) >= 11 is 0. The molecule has 1 unspecified atom stereocenters. The highest BCUT2D eigenvalue weighted by atomic mass is 19.4.